The molecule has 0 bridgehead atoms. The van der Waals surface area contributed by atoms with Crippen LogP contribution in [0.5, 0.6) is 11.5 Å². The van der Waals surface area contributed by atoms with Crippen LogP contribution >= 0.6 is 0 Å². The van der Waals surface area contributed by atoms with Crippen molar-refractivity contribution >= 4 is 5.91 Å². The maximum absolute atomic E-state index is 12.3. The van der Waals surface area contributed by atoms with E-state index < -0.39 is 0 Å². The van der Waals surface area contributed by atoms with Gasteiger partial charge >= 0.3 is 0 Å². The molecule has 108 valence electrons. The van der Waals surface area contributed by atoms with Gasteiger partial charge in [-0.2, -0.15) is 0 Å². The SMILES string of the molecule is O=C(NC1c2ccccc2Oc2ccccc21)c1ccco1. The topological polar surface area (TPSA) is 51.5 Å². The van der Waals surface area contributed by atoms with Gasteiger partial charge in [-0.05, 0) is 24.3 Å². The fourth-order valence-electron chi connectivity index (χ4n) is 2.68. The number of fused-ring (bicyclic) bond motifs is 2. The number of carbonyl (C=O) groups is 1. The van der Waals surface area contributed by atoms with Crippen LogP contribution < -0.4 is 10.1 Å². The van der Waals surface area contributed by atoms with Crippen molar-refractivity contribution in [1.82, 2.24) is 5.32 Å². The summed E-state index contributed by atoms with van der Waals surface area (Å²) in [6.07, 6.45) is 1.49. The van der Waals surface area contributed by atoms with Crippen LogP contribution in [-0.2, 0) is 0 Å². The Labute approximate surface area is 127 Å². The van der Waals surface area contributed by atoms with Crippen molar-refractivity contribution in [3.05, 3.63) is 83.8 Å². The third kappa shape index (κ3) is 2.05. The molecule has 22 heavy (non-hydrogen) atoms. The van der Waals surface area contributed by atoms with Crippen molar-refractivity contribution in [2.45, 2.75) is 6.04 Å². The first-order chi connectivity index (χ1) is 10.8. The maximum atomic E-state index is 12.3. The second-order valence-electron chi connectivity index (χ2n) is 5.06. The summed E-state index contributed by atoms with van der Waals surface area (Å²) in [4.78, 5) is 12.3. The zero-order valence-corrected chi connectivity index (χ0v) is 11.7. The number of para-hydroxylation sites is 2. The van der Waals surface area contributed by atoms with E-state index >= 15 is 0 Å². The standard InChI is InChI=1S/C18H13NO3/c20-18(16-10-5-11-21-16)19-17-12-6-1-3-8-14(12)22-15-9-4-2-7-13(15)17/h1-11,17H,(H,19,20). The summed E-state index contributed by atoms with van der Waals surface area (Å²) in [5, 5.41) is 3.02. The lowest BCUT2D eigenvalue weighted by molar-refractivity contribution is 0.0913. The number of hydrogen-bond acceptors (Lipinski definition) is 3. The molecule has 1 aliphatic rings. The Morgan fingerprint density at radius 1 is 0.864 bits per heavy atom. The predicted octanol–water partition coefficient (Wildman–Crippen LogP) is 3.90. The molecule has 1 N–H and O–H groups in total. The first kappa shape index (κ1) is 12.7. The monoisotopic (exact) mass is 291 g/mol. The summed E-state index contributed by atoms with van der Waals surface area (Å²) in [6, 6.07) is 18.5. The molecular formula is C18H13NO3. The van der Waals surface area contributed by atoms with Gasteiger partial charge in [0.15, 0.2) is 5.76 Å². The lowest BCUT2D eigenvalue weighted by atomic mass is 9.94. The van der Waals surface area contributed by atoms with Crippen LogP contribution in [-0.4, -0.2) is 5.91 Å². The van der Waals surface area contributed by atoms with Gasteiger partial charge < -0.3 is 14.5 Å². The first-order valence-electron chi connectivity index (χ1n) is 7.03. The molecule has 0 saturated heterocycles. The Hall–Kier alpha value is -3.01. The van der Waals surface area contributed by atoms with E-state index in [0.717, 1.165) is 22.6 Å². The molecule has 0 aliphatic carbocycles. The van der Waals surface area contributed by atoms with E-state index in [1.807, 2.05) is 48.5 Å². The zero-order chi connectivity index (χ0) is 14.9. The van der Waals surface area contributed by atoms with Crippen LogP contribution in [0.25, 0.3) is 0 Å². The Bertz CT molecular complexity index is 778. The van der Waals surface area contributed by atoms with Gasteiger partial charge in [-0.25, -0.2) is 0 Å². The summed E-state index contributed by atoms with van der Waals surface area (Å²) in [7, 11) is 0. The lowest BCUT2D eigenvalue weighted by Gasteiger charge is -2.28. The van der Waals surface area contributed by atoms with E-state index in [1.54, 1.807) is 12.1 Å². The molecule has 0 spiro atoms. The van der Waals surface area contributed by atoms with Crippen molar-refractivity contribution in [3.63, 3.8) is 0 Å². The molecule has 4 nitrogen and oxygen atoms in total. The highest BCUT2D eigenvalue weighted by Gasteiger charge is 2.28. The highest BCUT2D eigenvalue weighted by Crippen LogP contribution is 2.42. The summed E-state index contributed by atoms with van der Waals surface area (Å²) in [5.74, 6) is 1.56. The molecule has 1 amide bonds. The second kappa shape index (κ2) is 5.07. The minimum Gasteiger partial charge on any atom is -0.459 e. The van der Waals surface area contributed by atoms with Crippen LogP contribution in [0.1, 0.15) is 27.7 Å². The third-order valence-corrected chi connectivity index (χ3v) is 3.70. The van der Waals surface area contributed by atoms with Gasteiger partial charge in [-0.3, -0.25) is 4.79 Å². The molecule has 0 saturated carbocycles. The molecule has 0 unspecified atom stereocenters. The number of hydrogen-bond donors (Lipinski definition) is 1. The van der Waals surface area contributed by atoms with E-state index in [4.69, 9.17) is 9.15 Å². The van der Waals surface area contributed by atoms with Gasteiger partial charge in [-0.15, -0.1) is 0 Å². The number of carbonyl (C=O) groups excluding carboxylic acids is 1. The Morgan fingerprint density at radius 2 is 1.50 bits per heavy atom. The summed E-state index contributed by atoms with van der Waals surface area (Å²) in [5.41, 5.74) is 1.86. The predicted molar refractivity (Wildman–Crippen MR) is 81.0 cm³/mol. The van der Waals surface area contributed by atoms with E-state index in [0.29, 0.717) is 5.76 Å². The molecule has 1 aromatic heterocycles. The second-order valence-corrected chi connectivity index (χ2v) is 5.06. The van der Waals surface area contributed by atoms with Crippen molar-refractivity contribution in [2.75, 3.05) is 0 Å². The van der Waals surface area contributed by atoms with Crippen molar-refractivity contribution in [3.8, 4) is 11.5 Å². The van der Waals surface area contributed by atoms with Crippen molar-refractivity contribution < 1.29 is 13.9 Å². The van der Waals surface area contributed by atoms with Gasteiger partial charge in [0.25, 0.3) is 5.91 Å². The lowest BCUT2D eigenvalue weighted by Crippen LogP contribution is -2.30. The molecule has 2 heterocycles. The van der Waals surface area contributed by atoms with Gasteiger partial charge in [0, 0.05) is 11.1 Å². The average molecular weight is 291 g/mol. The maximum Gasteiger partial charge on any atom is 0.287 e. The highest BCUT2D eigenvalue weighted by atomic mass is 16.5. The fourth-order valence-corrected chi connectivity index (χ4v) is 2.68. The molecule has 4 heteroatoms. The van der Waals surface area contributed by atoms with Gasteiger partial charge in [0.1, 0.15) is 11.5 Å². The van der Waals surface area contributed by atoms with Gasteiger partial charge in [0.2, 0.25) is 0 Å². The number of nitrogens with one attached hydrogen (secondary N) is 1. The van der Waals surface area contributed by atoms with Crippen LogP contribution in [0, 0.1) is 0 Å². The molecular weight excluding hydrogens is 278 g/mol. The molecule has 4 rings (SSSR count). The van der Waals surface area contributed by atoms with Crippen LogP contribution in [0.2, 0.25) is 0 Å². The van der Waals surface area contributed by atoms with E-state index in [2.05, 4.69) is 5.32 Å². The highest BCUT2D eigenvalue weighted by molar-refractivity contribution is 5.92. The number of furan rings is 1. The summed E-state index contributed by atoms with van der Waals surface area (Å²) in [6.45, 7) is 0. The average Bonchev–Trinajstić information content (AvgIpc) is 3.09. The van der Waals surface area contributed by atoms with E-state index in [1.165, 1.54) is 6.26 Å². The van der Waals surface area contributed by atoms with Gasteiger partial charge in [-0.1, -0.05) is 36.4 Å². The van der Waals surface area contributed by atoms with Crippen LogP contribution in [0.15, 0.2) is 71.3 Å². The zero-order valence-electron chi connectivity index (χ0n) is 11.7. The molecule has 2 aromatic carbocycles. The van der Waals surface area contributed by atoms with Crippen molar-refractivity contribution in [2.24, 2.45) is 0 Å². The Kier molecular flexibility index (Phi) is 2.93. The van der Waals surface area contributed by atoms with Crippen LogP contribution in [0.4, 0.5) is 0 Å². The van der Waals surface area contributed by atoms with Gasteiger partial charge in [0.05, 0.1) is 12.3 Å². The summed E-state index contributed by atoms with van der Waals surface area (Å²) >= 11 is 0. The van der Waals surface area contributed by atoms with E-state index in [-0.39, 0.29) is 11.9 Å². The summed E-state index contributed by atoms with van der Waals surface area (Å²) < 4.78 is 11.1. The fraction of sp³-hybridized carbons (Fsp3) is 0.0556. The molecule has 0 radical (unpaired) electrons. The minimum atomic E-state index is -0.265. The third-order valence-electron chi connectivity index (χ3n) is 3.70. The number of ether oxygens (including phenoxy) is 1. The number of amides is 1. The molecule has 3 aromatic rings. The van der Waals surface area contributed by atoms with Crippen molar-refractivity contribution in [1.29, 1.82) is 0 Å². The smallest absolute Gasteiger partial charge is 0.287 e. The molecule has 1 aliphatic heterocycles. The molecule has 0 fully saturated rings. The Balaban J connectivity index is 1.76. The largest absolute Gasteiger partial charge is 0.459 e. The van der Waals surface area contributed by atoms with E-state index in [9.17, 15) is 4.79 Å². The first-order valence-corrected chi connectivity index (χ1v) is 7.03. The van der Waals surface area contributed by atoms with Crippen LogP contribution in [0.3, 0.4) is 0 Å². The number of rotatable bonds is 2. The quantitative estimate of drug-likeness (QED) is 0.779. The number of benzene rings is 2. The molecule has 0 atom stereocenters. The minimum absolute atomic E-state index is 0.249. The Morgan fingerprint density at radius 3 is 2.09 bits per heavy atom. The normalized spacial score (nSPS) is 12.9.